The van der Waals surface area contributed by atoms with Crippen LogP contribution in [0.5, 0.6) is 0 Å². The lowest BCUT2D eigenvalue weighted by Crippen LogP contribution is -2.51. The van der Waals surface area contributed by atoms with E-state index in [2.05, 4.69) is 21.9 Å². The van der Waals surface area contributed by atoms with Crippen LogP contribution in [0.25, 0.3) is 10.8 Å². The van der Waals surface area contributed by atoms with Gasteiger partial charge < -0.3 is 4.74 Å². The van der Waals surface area contributed by atoms with E-state index in [4.69, 9.17) is 17.4 Å². The number of rotatable bonds is 9. The molecule has 2 aliphatic rings. The molecule has 7 heteroatoms. The van der Waals surface area contributed by atoms with E-state index < -0.39 is 0 Å². The van der Waals surface area contributed by atoms with Gasteiger partial charge in [0.15, 0.2) is 0 Å². The van der Waals surface area contributed by atoms with Crippen molar-refractivity contribution in [1.29, 1.82) is 0 Å². The third-order valence-corrected chi connectivity index (χ3v) is 7.16. The van der Waals surface area contributed by atoms with Crippen molar-refractivity contribution in [3.63, 3.8) is 0 Å². The van der Waals surface area contributed by atoms with Crippen LogP contribution < -0.4 is 0 Å². The molecular weight excluding hydrogens is 458 g/mol. The molecule has 35 heavy (non-hydrogen) atoms. The van der Waals surface area contributed by atoms with Gasteiger partial charge in [0.05, 0.1) is 13.2 Å². The van der Waals surface area contributed by atoms with Crippen LogP contribution in [0.4, 0.5) is 0 Å². The Morgan fingerprint density at radius 1 is 0.771 bits per heavy atom. The van der Waals surface area contributed by atoms with Crippen LogP contribution in [-0.4, -0.2) is 84.2 Å². The second-order valence-corrected chi connectivity index (χ2v) is 10.00. The highest BCUT2D eigenvalue weighted by Gasteiger charge is 2.32. The summed E-state index contributed by atoms with van der Waals surface area (Å²) < 4.78 is 5.83. The fourth-order valence-electron chi connectivity index (χ4n) is 4.96. The van der Waals surface area contributed by atoms with Gasteiger partial charge in [0.2, 0.25) is 0 Å². The van der Waals surface area contributed by atoms with Crippen molar-refractivity contribution in [3.05, 3.63) is 83.4 Å². The Labute approximate surface area is 211 Å². The molecule has 2 heterocycles. The van der Waals surface area contributed by atoms with E-state index >= 15 is 0 Å². The van der Waals surface area contributed by atoms with Crippen molar-refractivity contribution in [3.8, 4) is 0 Å². The molecule has 1 saturated heterocycles. The van der Waals surface area contributed by atoms with Gasteiger partial charge >= 0.3 is 0 Å². The van der Waals surface area contributed by atoms with Crippen LogP contribution in [0, 0.1) is 0 Å². The normalized spacial score (nSPS) is 17.8. The second-order valence-electron chi connectivity index (χ2n) is 9.27. The molecule has 1 fully saturated rings. The Morgan fingerprint density at radius 2 is 1.40 bits per heavy atom. The first kappa shape index (κ1) is 24.0. The Kier molecular flexibility index (Phi) is 7.48. The monoisotopic (exact) mass is 489 g/mol. The average Bonchev–Trinajstić information content (AvgIpc) is 2.88. The molecule has 182 valence electrons. The molecule has 0 radical (unpaired) electrons. The third-order valence-electron chi connectivity index (χ3n) is 6.85. The Hall–Kier alpha value is -2.71. The highest BCUT2D eigenvalue weighted by atomic mass is 32.1. The Morgan fingerprint density at radius 3 is 2.06 bits per heavy atom. The van der Waals surface area contributed by atoms with Gasteiger partial charge in [-0.15, -0.1) is 0 Å². The topological polar surface area (TPSA) is 53.1 Å². The molecule has 2 aliphatic heterocycles. The predicted octanol–water partition coefficient (Wildman–Crippen LogP) is 3.57. The fraction of sp³-hybridized carbons (Fsp3) is 0.357. The van der Waals surface area contributed by atoms with E-state index in [9.17, 15) is 9.59 Å². The van der Waals surface area contributed by atoms with E-state index in [0.717, 1.165) is 43.5 Å². The lowest BCUT2D eigenvalue weighted by atomic mass is 9.94. The number of imide groups is 1. The zero-order valence-electron chi connectivity index (χ0n) is 19.8. The average molecular weight is 490 g/mol. The third kappa shape index (κ3) is 5.43. The number of hydrogen-bond donors (Lipinski definition) is 1. The van der Waals surface area contributed by atoms with Crippen molar-refractivity contribution < 1.29 is 14.3 Å². The summed E-state index contributed by atoms with van der Waals surface area (Å²) in [5.74, 6) is -0.377. The molecule has 6 nitrogen and oxygen atoms in total. The summed E-state index contributed by atoms with van der Waals surface area (Å²) in [7, 11) is 0. The lowest BCUT2D eigenvalue weighted by Gasteiger charge is -2.37. The molecule has 0 spiro atoms. The van der Waals surface area contributed by atoms with E-state index in [1.165, 1.54) is 10.5 Å². The van der Waals surface area contributed by atoms with Crippen molar-refractivity contribution in [2.24, 2.45) is 0 Å². The molecule has 1 atom stereocenters. The van der Waals surface area contributed by atoms with Crippen LogP contribution in [0.1, 0.15) is 26.3 Å². The Bertz CT molecular complexity index is 1140. The predicted molar refractivity (Wildman–Crippen MR) is 141 cm³/mol. The minimum Gasteiger partial charge on any atom is -0.376 e. The quantitative estimate of drug-likeness (QED) is 0.368. The van der Waals surface area contributed by atoms with Gasteiger partial charge in [0.1, 0.15) is 0 Å². The van der Waals surface area contributed by atoms with E-state index in [0.29, 0.717) is 37.4 Å². The molecule has 0 saturated carbocycles. The van der Waals surface area contributed by atoms with Crippen LogP contribution >= 0.6 is 12.6 Å². The molecular formula is C28H31N3O3S. The minimum atomic E-state index is -0.189. The lowest BCUT2D eigenvalue weighted by molar-refractivity contribution is 0.0568. The molecule has 0 N–H and O–H groups in total. The fourth-order valence-corrected chi connectivity index (χ4v) is 5.29. The maximum Gasteiger partial charge on any atom is 0.261 e. The number of benzene rings is 3. The first-order valence-corrected chi connectivity index (χ1v) is 12.7. The summed E-state index contributed by atoms with van der Waals surface area (Å²) in [6.07, 6.45) is 0. The highest BCUT2D eigenvalue weighted by molar-refractivity contribution is 7.81. The molecule has 1 unspecified atom stereocenters. The maximum absolute atomic E-state index is 13.1. The molecule has 2 amide bonds. The summed E-state index contributed by atoms with van der Waals surface area (Å²) >= 11 is 4.72. The summed E-state index contributed by atoms with van der Waals surface area (Å²) in [6, 6.07) is 21.5. The SMILES string of the molecule is O=C1c2cccc3cccc(c23)C(=O)N1CCN1CCN(CC(S)COCc2ccccc2)CC1. The van der Waals surface area contributed by atoms with E-state index in [1.54, 1.807) is 0 Å². The van der Waals surface area contributed by atoms with Gasteiger partial charge in [-0.25, -0.2) is 0 Å². The van der Waals surface area contributed by atoms with Gasteiger partial charge in [-0.3, -0.25) is 24.3 Å². The number of carbonyl (C=O) groups is 2. The van der Waals surface area contributed by atoms with Gasteiger partial charge in [-0.2, -0.15) is 12.6 Å². The molecule has 3 aromatic carbocycles. The van der Waals surface area contributed by atoms with Gasteiger partial charge in [-0.05, 0) is 23.1 Å². The van der Waals surface area contributed by atoms with Crippen molar-refractivity contribution in [2.45, 2.75) is 11.9 Å². The van der Waals surface area contributed by atoms with Crippen molar-refractivity contribution >= 4 is 35.2 Å². The first-order chi connectivity index (χ1) is 17.1. The van der Waals surface area contributed by atoms with Crippen LogP contribution in [0.15, 0.2) is 66.7 Å². The van der Waals surface area contributed by atoms with Crippen LogP contribution in [0.2, 0.25) is 0 Å². The number of carbonyl (C=O) groups excluding carboxylic acids is 2. The Balaban J connectivity index is 1.07. The molecule has 5 rings (SSSR count). The molecule has 0 aromatic heterocycles. The number of hydrogen-bond acceptors (Lipinski definition) is 6. The molecule has 0 bridgehead atoms. The number of nitrogens with zero attached hydrogens (tertiary/aromatic N) is 3. The number of piperazine rings is 1. The second kappa shape index (κ2) is 10.9. The molecule has 0 aliphatic carbocycles. The van der Waals surface area contributed by atoms with Gasteiger partial charge in [0.25, 0.3) is 11.8 Å². The zero-order chi connectivity index (χ0) is 24.2. The van der Waals surface area contributed by atoms with E-state index in [1.807, 2.05) is 54.6 Å². The number of ether oxygens (including phenoxy) is 1. The van der Waals surface area contributed by atoms with Gasteiger partial charge in [0, 0.05) is 67.6 Å². The van der Waals surface area contributed by atoms with E-state index in [-0.39, 0.29) is 17.1 Å². The summed E-state index contributed by atoms with van der Waals surface area (Å²) in [4.78, 5) is 32.3. The first-order valence-electron chi connectivity index (χ1n) is 12.2. The standard InChI is InChI=1S/C28H31N3O3S/c32-27-24-10-4-8-22-9-5-11-25(26(22)24)28(33)31(27)17-16-29-12-14-30(15-13-29)18-23(35)20-34-19-21-6-2-1-3-7-21/h1-11,23,35H,12-20H2. The number of amides is 2. The summed E-state index contributed by atoms with van der Waals surface area (Å²) in [5.41, 5.74) is 2.42. The van der Waals surface area contributed by atoms with Crippen molar-refractivity contribution in [1.82, 2.24) is 14.7 Å². The number of thiol groups is 1. The summed E-state index contributed by atoms with van der Waals surface area (Å²) in [6.45, 7) is 6.92. The van der Waals surface area contributed by atoms with Crippen LogP contribution in [0.3, 0.4) is 0 Å². The van der Waals surface area contributed by atoms with Gasteiger partial charge in [-0.1, -0.05) is 54.6 Å². The summed E-state index contributed by atoms with van der Waals surface area (Å²) in [5, 5.41) is 1.88. The maximum atomic E-state index is 13.1. The van der Waals surface area contributed by atoms with Crippen LogP contribution in [-0.2, 0) is 11.3 Å². The highest BCUT2D eigenvalue weighted by Crippen LogP contribution is 2.29. The minimum absolute atomic E-state index is 0.164. The largest absolute Gasteiger partial charge is 0.376 e. The zero-order valence-corrected chi connectivity index (χ0v) is 20.7. The molecule has 3 aromatic rings. The smallest absolute Gasteiger partial charge is 0.261 e. The van der Waals surface area contributed by atoms with Crippen molar-refractivity contribution in [2.75, 3.05) is 52.4 Å².